The van der Waals surface area contributed by atoms with Crippen molar-refractivity contribution in [2.45, 2.75) is 0 Å². The Balaban J connectivity index is 1.80. The Morgan fingerprint density at radius 3 is 2.38 bits per heavy atom. The van der Waals surface area contributed by atoms with Crippen molar-refractivity contribution in [1.82, 2.24) is 15.0 Å². The van der Waals surface area contributed by atoms with Crippen LogP contribution in [0.25, 0.3) is 22.3 Å². The van der Waals surface area contributed by atoms with Gasteiger partial charge in [-0.1, -0.05) is 18.2 Å². The van der Waals surface area contributed by atoms with E-state index < -0.39 is 0 Å². The Hall–Kier alpha value is -3.34. The molecule has 0 radical (unpaired) electrons. The van der Waals surface area contributed by atoms with Crippen molar-refractivity contribution in [2.75, 3.05) is 0 Å². The van der Waals surface area contributed by atoms with Crippen molar-refractivity contribution in [3.05, 3.63) is 78.9 Å². The Bertz CT molecular complexity index is 988. The molecule has 0 N–H and O–H groups in total. The smallest absolute Gasteiger partial charge is 0.249 e. The first-order chi connectivity index (χ1) is 11.8. The summed E-state index contributed by atoms with van der Waals surface area (Å²) in [4.78, 5) is 13.0. The van der Waals surface area contributed by atoms with Gasteiger partial charge in [-0.25, -0.2) is 14.4 Å². The highest BCUT2D eigenvalue weighted by Crippen LogP contribution is 2.27. The number of benzene rings is 2. The molecule has 0 spiro atoms. The van der Waals surface area contributed by atoms with Gasteiger partial charge in [0.1, 0.15) is 17.9 Å². The van der Waals surface area contributed by atoms with Crippen LogP contribution in [0.2, 0.25) is 0 Å². The number of nitrogens with zero attached hydrogens (tertiary/aromatic N) is 3. The number of fused-ring (bicyclic) bond motifs is 1. The molecule has 2 aromatic heterocycles. The van der Waals surface area contributed by atoms with Crippen molar-refractivity contribution >= 4 is 11.0 Å². The predicted molar refractivity (Wildman–Crippen MR) is 89.2 cm³/mol. The van der Waals surface area contributed by atoms with Crippen molar-refractivity contribution in [2.24, 2.45) is 0 Å². The van der Waals surface area contributed by atoms with Crippen LogP contribution in [-0.4, -0.2) is 15.0 Å². The van der Waals surface area contributed by atoms with Gasteiger partial charge in [0, 0.05) is 5.56 Å². The quantitative estimate of drug-likeness (QED) is 0.553. The summed E-state index contributed by atoms with van der Waals surface area (Å²) in [5, 5.41) is 0. The van der Waals surface area contributed by atoms with Gasteiger partial charge in [0.25, 0.3) is 0 Å². The van der Waals surface area contributed by atoms with Gasteiger partial charge in [-0.15, -0.1) is 0 Å². The first-order valence-electron chi connectivity index (χ1n) is 7.40. The van der Waals surface area contributed by atoms with Crippen LogP contribution in [0.5, 0.6) is 11.6 Å². The van der Waals surface area contributed by atoms with Gasteiger partial charge in [-0.3, -0.25) is 0 Å². The molecule has 5 heteroatoms. The molecule has 0 atom stereocenters. The summed E-state index contributed by atoms with van der Waals surface area (Å²) in [6.45, 7) is 0. The van der Waals surface area contributed by atoms with E-state index >= 15 is 0 Å². The third-order valence-electron chi connectivity index (χ3n) is 3.55. The van der Waals surface area contributed by atoms with Gasteiger partial charge in [0.05, 0.1) is 11.2 Å². The van der Waals surface area contributed by atoms with Crippen LogP contribution in [0.4, 0.5) is 4.39 Å². The third-order valence-corrected chi connectivity index (χ3v) is 3.55. The number of ether oxygens (including phenoxy) is 1. The van der Waals surface area contributed by atoms with Crippen molar-refractivity contribution in [1.29, 1.82) is 0 Å². The molecule has 4 rings (SSSR count). The summed E-state index contributed by atoms with van der Waals surface area (Å²) in [6.07, 6.45) is 1.44. The Kier molecular flexibility index (Phi) is 3.59. The monoisotopic (exact) mass is 317 g/mol. The van der Waals surface area contributed by atoms with Gasteiger partial charge in [0.15, 0.2) is 5.52 Å². The first-order valence-corrected chi connectivity index (χ1v) is 7.40. The lowest BCUT2D eigenvalue weighted by Gasteiger charge is -2.08. The number of aromatic nitrogens is 3. The molecular formula is C19H12FN3O. The van der Waals surface area contributed by atoms with E-state index in [0.717, 1.165) is 5.56 Å². The van der Waals surface area contributed by atoms with Crippen LogP contribution < -0.4 is 4.74 Å². The lowest BCUT2D eigenvalue weighted by molar-refractivity contribution is 0.467. The molecule has 4 aromatic rings. The summed E-state index contributed by atoms with van der Waals surface area (Å²) in [5.41, 5.74) is 2.76. The molecule has 2 heterocycles. The minimum Gasteiger partial charge on any atom is -0.437 e. The number of rotatable bonds is 3. The van der Waals surface area contributed by atoms with Crippen molar-refractivity contribution in [3.8, 4) is 22.9 Å². The van der Waals surface area contributed by atoms with Crippen molar-refractivity contribution < 1.29 is 9.13 Å². The van der Waals surface area contributed by atoms with E-state index in [1.54, 1.807) is 12.1 Å². The highest BCUT2D eigenvalue weighted by atomic mass is 19.1. The van der Waals surface area contributed by atoms with Gasteiger partial charge in [0.2, 0.25) is 5.88 Å². The molecule has 4 nitrogen and oxygen atoms in total. The zero-order valence-corrected chi connectivity index (χ0v) is 12.6. The number of hydrogen-bond donors (Lipinski definition) is 0. The largest absolute Gasteiger partial charge is 0.437 e. The fourth-order valence-electron chi connectivity index (χ4n) is 2.37. The van der Waals surface area contributed by atoms with E-state index in [2.05, 4.69) is 15.0 Å². The highest BCUT2D eigenvalue weighted by molar-refractivity contribution is 5.82. The molecule has 0 unspecified atom stereocenters. The topological polar surface area (TPSA) is 47.9 Å². The van der Waals surface area contributed by atoms with Gasteiger partial charge >= 0.3 is 0 Å². The summed E-state index contributed by atoms with van der Waals surface area (Å²) < 4.78 is 18.9. The fraction of sp³-hybridized carbons (Fsp3) is 0. The average molecular weight is 317 g/mol. The van der Waals surface area contributed by atoms with Gasteiger partial charge in [-0.2, -0.15) is 4.98 Å². The number of pyridine rings is 1. The lowest BCUT2D eigenvalue weighted by Crippen LogP contribution is -1.94. The second kappa shape index (κ2) is 6.04. The fourth-order valence-corrected chi connectivity index (χ4v) is 2.37. The maximum atomic E-state index is 13.1. The second-order valence-electron chi connectivity index (χ2n) is 5.17. The lowest BCUT2D eigenvalue weighted by atomic mass is 10.1. The summed E-state index contributed by atoms with van der Waals surface area (Å²) in [5.74, 6) is 0.776. The predicted octanol–water partition coefficient (Wildman–Crippen LogP) is 4.62. The maximum absolute atomic E-state index is 13.1. The number of halogens is 1. The van der Waals surface area contributed by atoms with E-state index in [9.17, 15) is 4.39 Å². The number of para-hydroxylation sites is 1. The molecule has 0 saturated heterocycles. The maximum Gasteiger partial charge on any atom is 0.249 e. The molecule has 116 valence electrons. The van der Waals surface area contributed by atoms with Crippen LogP contribution >= 0.6 is 0 Å². The SMILES string of the molecule is Fc1ccc(-c2ccc3ncnc(Oc4ccccc4)c3n2)cc1. The molecule has 0 fully saturated rings. The Labute approximate surface area is 137 Å². The summed E-state index contributed by atoms with van der Waals surface area (Å²) in [6, 6.07) is 19.2. The van der Waals surface area contributed by atoms with E-state index in [-0.39, 0.29) is 5.82 Å². The normalized spacial score (nSPS) is 10.7. The Morgan fingerprint density at radius 2 is 1.58 bits per heavy atom. The van der Waals surface area contributed by atoms with Crippen molar-refractivity contribution in [3.63, 3.8) is 0 Å². The molecule has 24 heavy (non-hydrogen) atoms. The van der Waals surface area contributed by atoms with E-state index in [0.29, 0.717) is 28.4 Å². The Morgan fingerprint density at radius 1 is 0.792 bits per heavy atom. The molecule has 0 amide bonds. The zero-order chi connectivity index (χ0) is 16.4. The summed E-state index contributed by atoms with van der Waals surface area (Å²) >= 11 is 0. The van der Waals surface area contributed by atoms with Crippen LogP contribution in [-0.2, 0) is 0 Å². The highest BCUT2D eigenvalue weighted by Gasteiger charge is 2.10. The van der Waals surface area contributed by atoms with E-state index in [4.69, 9.17) is 4.74 Å². The van der Waals surface area contributed by atoms with E-state index in [1.165, 1.54) is 18.5 Å². The average Bonchev–Trinajstić information content (AvgIpc) is 2.63. The minimum atomic E-state index is -0.282. The van der Waals surface area contributed by atoms with Crippen LogP contribution in [0.3, 0.4) is 0 Å². The molecule has 0 saturated carbocycles. The molecule has 0 aliphatic carbocycles. The summed E-state index contributed by atoms with van der Waals surface area (Å²) in [7, 11) is 0. The van der Waals surface area contributed by atoms with Crippen LogP contribution in [0, 0.1) is 5.82 Å². The molecular weight excluding hydrogens is 305 g/mol. The molecule has 0 aliphatic heterocycles. The first kappa shape index (κ1) is 14.3. The van der Waals surface area contributed by atoms with Gasteiger partial charge in [-0.05, 0) is 48.5 Å². The standard InChI is InChI=1S/C19H12FN3O/c20-14-8-6-13(7-9-14)16-10-11-17-18(23-16)19(22-12-21-17)24-15-4-2-1-3-5-15/h1-12H. The van der Waals surface area contributed by atoms with E-state index in [1.807, 2.05) is 42.5 Å². The molecule has 2 aromatic carbocycles. The van der Waals surface area contributed by atoms with Gasteiger partial charge < -0.3 is 4.74 Å². The minimum absolute atomic E-state index is 0.282. The zero-order valence-electron chi connectivity index (χ0n) is 12.6. The van der Waals surface area contributed by atoms with Crippen LogP contribution in [0.1, 0.15) is 0 Å². The second-order valence-corrected chi connectivity index (χ2v) is 5.17. The molecule has 0 bridgehead atoms. The van der Waals surface area contributed by atoms with Crippen LogP contribution in [0.15, 0.2) is 73.1 Å². The third kappa shape index (κ3) is 2.79. The molecule has 0 aliphatic rings. The number of hydrogen-bond acceptors (Lipinski definition) is 4.